The molecular formula is C13H18BrFN2O. The van der Waals surface area contributed by atoms with Crippen molar-refractivity contribution in [3.63, 3.8) is 0 Å². The van der Waals surface area contributed by atoms with E-state index in [9.17, 15) is 9.18 Å². The van der Waals surface area contributed by atoms with Crippen LogP contribution in [0.3, 0.4) is 0 Å². The topological polar surface area (TPSA) is 55.1 Å². The van der Waals surface area contributed by atoms with E-state index in [4.69, 9.17) is 5.73 Å². The molecule has 1 rings (SSSR count). The molecule has 0 saturated carbocycles. The van der Waals surface area contributed by atoms with E-state index in [0.717, 1.165) is 12.8 Å². The zero-order chi connectivity index (χ0) is 13.7. The molecular weight excluding hydrogens is 299 g/mol. The second kappa shape index (κ2) is 6.85. The first-order valence-electron chi connectivity index (χ1n) is 5.97. The number of benzene rings is 1. The summed E-state index contributed by atoms with van der Waals surface area (Å²) in [6.07, 6.45) is 2.58. The van der Waals surface area contributed by atoms with Crippen LogP contribution in [0, 0.1) is 12.7 Å². The fourth-order valence-corrected chi connectivity index (χ4v) is 1.90. The minimum Gasteiger partial charge on any atom is -0.324 e. The van der Waals surface area contributed by atoms with E-state index in [2.05, 4.69) is 21.2 Å². The highest BCUT2D eigenvalue weighted by atomic mass is 79.9. The molecule has 0 aromatic heterocycles. The van der Waals surface area contributed by atoms with E-state index in [1.807, 2.05) is 6.92 Å². The second-order valence-corrected chi connectivity index (χ2v) is 5.17. The van der Waals surface area contributed by atoms with Crippen molar-refractivity contribution in [2.24, 2.45) is 5.73 Å². The fourth-order valence-electron chi connectivity index (χ4n) is 1.56. The van der Waals surface area contributed by atoms with Gasteiger partial charge in [0.1, 0.15) is 5.82 Å². The van der Waals surface area contributed by atoms with Gasteiger partial charge in [0.15, 0.2) is 0 Å². The van der Waals surface area contributed by atoms with Crippen LogP contribution in [0.2, 0.25) is 0 Å². The highest BCUT2D eigenvalue weighted by Gasteiger charge is 2.14. The Hall–Kier alpha value is -0.940. The number of nitrogens with two attached hydrogens (primary N) is 1. The van der Waals surface area contributed by atoms with Gasteiger partial charge in [-0.3, -0.25) is 4.79 Å². The number of anilines is 1. The van der Waals surface area contributed by atoms with Gasteiger partial charge in [0.05, 0.1) is 10.5 Å². The summed E-state index contributed by atoms with van der Waals surface area (Å²) in [7, 11) is 0. The van der Waals surface area contributed by atoms with Gasteiger partial charge in [0.2, 0.25) is 5.91 Å². The van der Waals surface area contributed by atoms with Gasteiger partial charge in [-0.2, -0.15) is 0 Å². The van der Waals surface area contributed by atoms with Crippen molar-refractivity contribution in [1.29, 1.82) is 0 Å². The summed E-state index contributed by atoms with van der Waals surface area (Å²) in [5.74, 6) is -0.578. The molecule has 0 saturated heterocycles. The molecule has 0 heterocycles. The van der Waals surface area contributed by atoms with Crippen LogP contribution >= 0.6 is 15.9 Å². The minimum atomic E-state index is -0.520. The van der Waals surface area contributed by atoms with Crippen molar-refractivity contribution in [2.75, 3.05) is 5.32 Å². The molecule has 3 N–H and O–H groups in total. The molecule has 100 valence electrons. The summed E-state index contributed by atoms with van der Waals surface area (Å²) in [4.78, 5) is 11.8. The van der Waals surface area contributed by atoms with E-state index >= 15 is 0 Å². The van der Waals surface area contributed by atoms with Gasteiger partial charge in [0.25, 0.3) is 0 Å². The molecule has 1 amide bonds. The SMILES string of the molecule is CCCCC(N)C(=O)Nc1cc(Br)c(F)cc1C. The third-order valence-corrected chi connectivity index (χ3v) is 3.34. The zero-order valence-corrected chi connectivity index (χ0v) is 12.2. The standard InChI is InChI=1S/C13H18BrFN2O/c1-3-4-5-11(16)13(18)17-12-7-9(14)10(15)6-8(12)2/h6-7,11H,3-5,16H2,1-2H3,(H,17,18). The number of unbranched alkanes of at least 4 members (excludes halogenated alkanes) is 1. The number of amides is 1. The molecule has 0 bridgehead atoms. The zero-order valence-electron chi connectivity index (χ0n) is 10.6. The largest absolute Gasteiger partial charge is 0.324 e. The first-order valence-corrected chi connectivity index (χ1v) is 6.77. The average Bonchev–Trinajstić information content (AvgIpc) is 2.32. The van der Waals surface area contributed by atoms with Crippen molar-refractivity contribution < 1.29 is 9.18 Å². The lowest BCUT2D eigenvalue weighted by atomic mass is 10.1. The molecule has 18 heavy (non-hydrogen) atoms. The van der Waals surface area contributed by atoms with E-state index in [-0.39, 0.29) is 11.7 Å². The summed E-state index contributed by atoms with van der Waals surface area (Å²) in [6, 6.07) is 2.40. The van der Waals surface area contributed by atoms with E-state index in [1.54, 1.807) is 13.0 Å². The number of halogens is 2. The highest BCUT2D eigenvalue weighted by molar-refractivity contribution is 9.10. The Labute approximate surface area is 115 Å². The predicted molar refractivity (Wildman–Crippen MR) is 75.0 cm³/mol. The van der Waals surface area contributed by atoms with Crippen LogP contribution in [0.4, 0.5) is 10.1 Å². The summed E-state index contributed by atoms with van der Waals surface area (Å²) in [6.45, 7) is 3.79. The predicted octanol–water partition coefficient (Wildman–Crippen LogP) is 3.35. The highest BCUT2D eigenvalue weighted by Crippen LogP contribution is 2.24. The molecule has 5 heteroatoms. The molecule has 0 aliphatic carbocycles. The third-order valence-electron chi connectivity index (χ3n) is 2.73. The molecule has 1 atom stereocenters. The Morgan fingerprint density at radius 1 is 1.56 bits per heavy atom. The maximum atomic E-state index is 13.2. The van der Waals surface area contributed by atoms with Gasteiger partial charge in [0, 0.05) is 5.69 Å². The number of nitrogens with one attached hydrogen (secondary N) is 1. The van der Waals surface area contributed by atoms with Crippen molar-refractivity contribution in [3.8, 4) is 0 Å². The van der Waals surface area contributed by atoms with Crippen molar-refractivity contribution >= 4 is 27.5 Å². The average molecular weight is 317 g/mol. The smallest absolute Gasteiger partial charge is 0.241 e. The van der Waals surface area contributed by atoms with Crippen molar-refractivity contribution in [3.05, 3.63) is 28.0 Å². The number of rotatable bonds is 5. The van der Waals surface area contributed by atoms with Gasteiger partial charge in [-0.25, -0.2) is 4.39 Å². The molecule has 0 fully saturated rings. The lowest BCUT2D eigenvalue weighted by molar-refractivity contribution is -0.117. The number of carbonyl (C=O) groups excluding carboxylic acids is 1. The summed E-state index contributed by atoms with van der Waals surface area (Å²) in [5.41, 5.74) is 7.03. The summed E-state index contributed by atoms with van der Waals surface area (Å²) < 4.78 is 13.6. The molecule has 0 spiro atoms. The van der Waals surface area contributed by atoms with Crippen LogP contribution in [0.25, 0.3) is 0 Å². The van der Waals surface area contributed by atoms with Crippen LogP contribution in [0.1, 0.15) is 31.7 Å². The Morgan fingerprint density at radius 3 is 2.83 bits per heavy atom. The van der Waals surface area contributed by atoms with Crippen molar-refractivity contribution in [2.45, 2.75) is 39.2 Å². The van der Waals surface area contributed by atoms with Gasteiger partial charge >= 0.3 is 0 Å². The summed E-state index contributed by atoms with van der Waals surface area (Å²) in [5, 5.41) is 2.73. The number of aryl methyl sites for hydroxylation is 1. The molecule has 0 aliphatic heterocycles. The first-order chi connectivity index (χ1) is 8.45. The number of hydrogen-bond acceptors (Lipinski definition) is 2. The number of hydrogen-bond donors (Lipinski definition) is 2. The van der Waals surface area contributed by atoms with Crippen LogP contribution in [-0.4, -0.2) is 11.9 Å². The Balaban J connectivity index is 2.72. The maximum absolute atomic E-state index is 13.2. The number of carbonyl (C=O) groups is 1. The summed E-state index contributed by atoms with van der Waals surface area (Å²) >= 11 is 3.09. The normalized spacial score (nSPS) is 12.3. The third kappa shape index (κ3) is 4.07. The Morgan fingerprint density at radius 2 is 2.22 bits per heavy atom. The van der Waals surface area contributed by atoms with Gasteiger partial charge in [-0.1, -0.05) is 19.8 Å². The van der Waals surface area contributed by atoms with Crippen LogP contribution in [0.5, 0.6) is 0 Å². The van der Waals surface area contributed by atoms with Gasteiger partial charge in [-0.05, 0) is 47.0 Å². The van der Waals surface area contributed by atoms with Crippen LogP contribution in [-0.2, 0) is 4.79 Å². The molecule has 1 unspecified atom stereocenters. The van der Waals surface area contributed by atoms with Crippen molar-refractivity contribution in [1.82, 2.24) is 0 Å². The molecule has 1 aromatic rings. The Kier molecular flexibility index (Phi) is 5.75. The van der Waals surface area contributed by atoms with Crippen LogP contribution < -0.4 is 11.1 Å². The van der Waals surface area contributed by atoms with Crippen LogP contribution in [0.15, 0.2) is 16.6 Å². The molecule has 0 aliphatic rings. The van der Waals surface area contributed by atoms with E-state index < -0.39 is 6.04 Å². The fraction of sp³-hybridized carbons (Fsp3) is 0.462. The minimum absolute atomic E-state index is 0.231. The lowest BCUT2D eigenvalue weighted by Gasteiger charge is -2.14. The molecule has 1 aromatic carbocycles. The van der Waals surface area contributed by atoms with Gasteiger partial charge in [-0.15, -0.1) is 0 Å². The van der Waals surface area contributed by atoms with E-state index in [0.29, 0.717) is 22.1 Å². The second-order valence-electron chi connectivity index (χ2n) is 4.32. The monoisotopic (exact) mass is 316 g/mol. The lowest BCUT2D eigenvalue weighted by Crippen LogP contribution is -2.35. The molecule has 0 radical (unpaired) electrons. The molecule has 3 nitrogen and oxygen atoms in total. The Bertz CT molecular complexity index is 437. The van der Waals surface area contributed by atoms with Gasteiger partial charge < -0.3 is 11.1 Å². The quantitative estimate of drug-likeness (QED) is 0.875. The first kappa shape index (κ1) is 15.1. The maximum Gasteiger partial charge on any atom is 0.241 e. The van der Waals surface area contributed by atoms with E-state index in [1.165, 1.54) is 6.07 Å².